The van der Waals surface area contributed by atoms with Crippen molar-refractivity contribution in [2.24, 2.45) is 10.9 Å². The lowest BCUT2D eigenvalue weighted by atomic mass is 10.2. The van der Waals surface area contributed by atoms with Crippen molar-refractivity contribution in [3.8, 4) is 0 Å². The van der Waals surface area contributed by atoms with Crippen LogP contribution >= 0.6 is 34.7 Å². The molecule has 0 aliphatic heterocycles. The quantitative estimate of drug-likeness (QED) is 0.397. The van der Waals surface area contributed by atoms with Gasteiger partial charge < -0.3 is 10.6 Å². The van der Waals surface area contributed by atoms with E-state index in [4.69, 9.17) is 22.2 Å². The third-order valence-electron chi connectivity index (χ3n) is 2.09. The second-order valence-electron chi connectivity index (χ2n) is 3.43. The van der Waals surface area contributed by atoms with Crippen molar-refractivity contribution in [1.29, 1.82) is 0 Å². The smallest absolute Gasteiger partial charge is 0.174 e. The summed E-state index contributed by atoms with van der Waals surface area (Å²) in [6, 6.07) is 7.10. The maximum Gasteiger partial charge on any atom is 0.174 e. The van der Waals surface area contributed by atoms with E-state index in [-0.39, 0.29) is 12.4 Å². The van der Waals surface area contributed by atoms with Crippen LogP contribution in [0.5, 0.6) is 0 Å². The second-order valence-corrected chi connectivity index (χ2v) is 5.98. The van der Waals surface area contributed by atoms with E-state index < -0.39 is 0 Å². The van der Waals surface area contributed by atoms with E-state index in [9.17, 15) is 0 Å². The van der Waals surface area contributed by atoms with E-state index in [1.165, 1.54) is 11.3 Å². The largest absolute Gasteiger partial charge is 0.387 e. The summed E-state index contributed by atoms with van der Waals surface area (Å²) >= 11 is 8.88. The van der Waals surface area contributed by atoms with E-state index in [1.54, 1.807) is 30.0 Å². The van der Waals surface area contributed by atoms with Crippen molar-refractivity contribution >= 4 is 40.5 Å². The summed E-state index contributed by atoms with van der Waals surface area (Å²) in [5.74, 6) is 0.275. The molecule has 19 heavy (non-hydrogen) atoms. The lowest BCUT2D eigenvalue weighted by Crippen LogP contribution is -2.13. The third-order valence-corrected chi connectivity index (χ3v) is 4.20. The van der Waals surface area contributed by atoms with Gasteiger partial charge in [-0.2, -0.15) is 0 Å². The number of thioether (sulfide) groups is 1. The zero-order chi connectivity index (χ0) is 13.7. The number of amidine groups is 1. The Bertz CT molecular complexity index is 588. The molecule has 1 heterocycles. The number of benzene rings is 1. The van der Waals surface area contributed by atoms with Gasteiger partial charge in [0.2, 0.25) is 0 Å². The van der Waals surface area contributed by atoms with Gasteiger partial charge in [0.15, 0.2) is 21.8 Å². The second kappa shape index (κ2) is 6.74. The van der Waals surface area contributed by atoms with Crippen molar-refractivity contribution < 1.29 is 4.84 Å². The Kier molecular flexibility index (Phi) is 5.00. The fraction of sp³-hybridized carbons (Fsp3) is 0.182. The minimum absolute atomic E-state index is 0.249. The average Bonchev–Trinajstić information content (AvgIpc) is 2.86. The fourth-order valence-corrected chi connectivity index (χ4v) is 2.65. The maximum absolute atomic E-state index is 5.87. The number of nitrogens with two attached hydrogens (primary N) is 1. The van der Waals surface area contributed by atoms with Crippen molar-refractivity contribution in [2.45, 2.75) is 10.9 Å². The molecule has 8 heteroatoms. The predicted molar refractivity (Wildman–Crippen MR) is 78.7 cm³/mol. The fourth-order valence-electron chi connectivity index (χ4n) is 1.24. The van der Waals surface area contributed by atoms with E-state index in [1.807, 2.05) is 12.3 Å². The van der Waals surface area contributed by atoms with Crippen LogP contribution < -0.4 is 5.73 Å². The van der Waals surface area contributed by atoms with Crippen LogP contribution in [0.3, 0.4) is 0 Å². The van der Waals surface area contributed by atoms with Gasteiger partial charge in [0, 0.05) is 10.6 Å². The molecule has 0 atom stereocenters. The summed E-state index contributed by atoms with van der Waals surface area (Å²) in [7, 11) is 0. The van der Waals surface area contributed by atoms with Crippen LogP contribution in [0.25, 0.3) is 0 Å². The van der Waals surface area contributed by atoms with E-state index in [2.05, 4.69) is 15.4 Å². The highest BCUT2D eigenvalue weighted by Crippen LogP contribution is 2.20. The van der Waals surface area contributed by atoms with Gasteiger partial charge in [-0.15, -0.1) is 10.2 Å². The molecule has 1 aromatic heterocycles. The lowest BCUT2D eigenvalue weighted by molar-refractivity contribution is 0.129. The van der Waals surface area contributed by atoms with Gasteiger partial charge in [-0.25, -0.2) is 0 Å². The highest BCUT2D eigenvalue weighted by atomic mass is 35.5. The summed E-state index contributed by atoms with van der Waals surface area (Å²) < 4.78 is 0.894. The van der Waals surface area contributed by atoms with Gasteiger partial charge in [-0.3, -0.25) is 0 Å². The number of rotatable bonds is 5. The monoisotopic (exact) mass is 314 g/mol. The molecular formula is C11H11ClN4OS2. The predicted octanol–water partition coefficient (Wildman–Crippen LogP) is 2.75. The number of hydrogen-bond donors (Lipinski definition) is 1. The number of oxime groups is 1. The molecule has 2 rings (SSSR count). The van der Waals surface area contributed by atoms with Crippen molar-refractivity contribution in [3.63, 3.8) is 0 Å². The molecule has 0 aliphatic carbocycles. The molecule has 1 aromatic carbocycles. The lowest BCUT2D eigenvalue weighted by Gasteiger charge is -2.01. The van der Waals surface area contributed by atoms with E-state index in [0.29, 0.717) is 5.02 Å². The van der Waals surface area contributed by atoms with Gasteiger partial charge in [-0.05, 0) is 18.4 Å². The zero-order valence-electron chi connectivity index (χ0n) is 10.0. The topological polar surface area (TPSA) is 73.4 Å². The van der Waals surface area contributed by atoms with Crippen LogP contribution in [0.4, 0.5) is 0 Å². The Morgan fingerprint density at radius 1 is 1.53 bits per heavy atom. The van der Waals surface area contributed by atoms with Crippen LogP contribution in [-0.4, -0.2) is 22.3 Å². The van der Waals surface area contributed by atoms with Crippen LogP contribution in [-0.2, 0) is 11.4 Å². The highest BCUT2D eigenvalue weighted by molar-refractivity contribution is 8.00. The highest BCUT2D eigenvalue weighted by Gasteiger charge is 2.04. The Hall–Kier alpha value is -1.31. The molecular weight excluding hydrogens is 304 g/mol. The molecule has 0 bridgehead atoms. The minimum atomic E-state index is 0.249. The maximum atomic E-state index is 5.87. The first kappa shape index (κ1) is 14.1. The first-order valence-corrected chi connectivity index (χ1v) is 7.68. The molecule has 0 fully saturated rings. The van der Waals surface area contributed by atoms with E-state index >= 15 is 0 Å². The normalized spacial score (nSPS) is 11.6. The van der Waals surface area contributed by atoms with Crippen molar-refractivity contribution in [2.75, 3.05) is 6.26 Å². The minimum Gasteiger partial charge on any atom is -0.387 e. The Labute approximate surface area is 123 Å². The molecule has 0 unspecified atom stereocenters. The molecule has 100 valence electrons. The molecule has 0 saturated carbocycles. The SMILES string of the molecule is CSc1nnc(CON=C(N)c2cccc(Cl)c2)s1. The number of halogens is 1. The number of hydrogen-bond acceptors (Lipinski definition) is 6. The summed E-state index contributed by atoms with van der Waals surface area (Å²) in [4.78, 5) is 5.15. The summed E-state index contributed by atoms with van der Waals surface area (Å²) in [5, 5.41) is 13.1. The molecule has 0 amide bonds. The van der Waals surface area contributed by atoms with Gasteiger partial charge in [0.1, 0.15) is 0 Å². The molecule has 0 spiro atoms. The average molecular weight is 315 g/mol. The van der Waals surface area contributed by atoms with Crippen LogP contribution in [0.15, 0.2) is 33.8 Å². The van der Waals surface area contributed by atoms with Gasteiger partial charge in [0.25, 0.3) is 0 Å². The summed E-state index contributed by atoms with van der Waals surface area (Å²) in [6.07, 6.45) is 1.94. The first-order chi connectivity index (χ1) is 9.19. The first-order valence-electron chi connectivity index (χ1n) is 5.27. The summed E-state index contributed by atoms with van der Waals surface area (Å²) in [6.45, 7) is 0.249. The third kappa shape index (κ3) is 4.09. The molecule has 5 nitrogen and oxygen atoms in total. The van der Waals surface area contributed by atoms with Crippen LogP contribution in [0.1, 0.15) is 10.6 Å². The molecule has 2 N–H and O–H groups in total. The van der Waals surface area contributed by atoms with Crippen molar-refractivity contribution in [3.05, 3.63) is 39.9 Å². The molecule has 0 radical (unpaired) electrons. The molecule has 2 aromatic rings. The van der Waals surface area contributed by atoms with E-state index in [0.717, 1.165) is 14.9 Å². The molecule has 0 aliphatic rings. The van der Waals surface area contributed by atoms with Crippen LogP contribution in [0, 0.1) is 0 Å². The van der Waals surface area contributed by atoms with Gasteiger partial charge in [-0.1, -0.05) is 52.0 Å². The van der Waals surface area contributed by atoms with Crippen LogP contribution in [0.2, 0.25) is 5.02 Å². The van der Waals surface area contributed by atoms with Gasteiger partial charge in [0.05, 0.1) is 0 Å². The Morgan fingerprint density at radius 2 is 2.37 bits per heavy atom. The Morgan fingerprint density at radius 3 is 3.05 bits per heavy atom. The van der Waals surface area contributed by atoms with Gasteiger partial charge >= 0.3 is 0 Å². The zero-order valence-corrected chi connectivity index (χ0v) is 12.4. The number of aromatic nitrogens is 2. The Balaban J connectivity index is 1.95. The number of nitrogens with zero attached hydrogens (tertiary/aromatic N) is 3. The van der Waals surface area contributed by atoms with Crippen molar-refractivity contribution in [1.82, 2.24) is 10.2 Å². The summed E-state index contributed by atoms with van der Waals surface area (Å²) in [5.41, 5.74) is 6.51. The molecule has 0 saturated heterocycles. The standard InChI is InChI=1S/C11H11ClN4OS2/c1-18-11-15-14-9(19-11)6-17-16-10(13)7-3-2-4-8(12)5-7/h2-5H,6H2,1H3,(H2,13,16).